The Morgan fingerprint density at radius 2 is 2.06 bits per heavy atom. The molecule has 94 valence electrons. The first-order valence-electron chi connectivity index (χ1n) is 6.28. The van der Waals surface area contributed by atoms with Gasteiger partial charge >= 0.3 is 0 Å². The number of piperidine rings is 1. The highest BCUT2D eigenvalue weighted by molar-refractivity contribution is 14.1. The highest BCUT2D eigenvalue weighted by Gasteiger charge is 2.23. The van der Waals surface area contributed by atoms with E-state index in [4.69, 9.17) is 0 Å². The summed E-state index contributed by atoms with van der Waals surface area (Å²) in [4.78, 5) is 11.8. The Hall–Kier alpha value is 0.160. The summed E-state index contributed by atoms with van der Waals surface area (Å²) >= 11 is 2.33. The fourth-order valence-corrected chi connectivity index (χ4v) is 2.53. The number of carbonyl (C=O) groups is 1. The van der Waals surface area contributed by atoms with Gasteiger partial charge in [-0.15, -0.1) is 0 Å². The van der Waals surface area contributed by atoms with Gasteiger partial charge in [0.1, 0.15) is 0 Å². The second-order valence-corrected chi connectivity index (χ2v) is 6.38. The molecule has 1 amide bonds. The largest absolute Gasteiger partial charge is 0.356 e. The van der Waals surface area contributed by atoms with Crippen LogP contribution in [0.1, 0.15) is 39.5 Å². The summed E-state index contributed by atoms with van der Waals surface area (Å²) in [6, 6.07) is 0. The first-order chi connectivity index (χ1) is 7.59. The van der Waals surface area contributed by atoms with Crippen LogP contribution in [-0.4, -0.2) is 28.7 Å². The first kappa shape index (κ1) is 14.2. The van der Waals surface area contributed by atoms with Crippen LogP contribution in [0.5, 0.6) is 0 Å². The highest BCUT2D eigenvalue weighted by Crippen LogP contribution is 2.19. The molecule has 0 unspecified atom stereocenters. The summed E-state index contributed by atoms with van der Waals surface area (Å²) in [6.07, 6.45) is 4.33. The SMILES string of the molecule is CC(C)CCCNC(=O)C1CCN(I)CC1. The van der Waals surface area contributed by atoms with Crippen LogP contribution in [0.4, 0.5) is 0 Å². The smallest absolute Gasteiger partial charge is 0.223 e. The Morgan fingerprint density at radius 3 is 2.62 bits per heavy atom. The zero-order valence-electron chi connectivity index (χ0n) is 10.3. The van der Waals surface area contributed by atoms with Crippen LogP contribution in [-0.2, 0) is 4.79 Å². The number of nitrogens with one attached hydrogen (secondary N) is 1. The van der Waals surface area contributed by atoms with Crippen molar-refractivity contribution in [3.05, 3.63) is 0 Å². The molecule has 1 N–H and O–H groups in total. The Morgan fingerprint density at radius 1 is 1.44 bits per heavy atom. The summed E-state index contributed by atoms with van der Waals surface area (Å²) < 4.78 is 2.26. The van der Waals surface area contributed by atoms with Gasteiger partial charge in [0.2, 0.25) is 5.91 Å². The summed E-state index contributed by atoms with van der Waals surface area (Å²) in [5, 5.41) is 3.06. The van der Waals surface area contributed by atoms with Crippen molar-refractivity contribution in [3.8, 4) is 0 Å². The molecule has 0 spiro atoms. The molecule has 1 aliphatic rings. The Balaban J connectivity index is 2.10. The van der Waals surface area contributed by atoms with E-state index in [1.807, 2.05) is 0 Å². The molecule has 1 fully saturated rings. The van der Waals surface area contributed by atoms with Crippen LogP contribution in [0.15, 0.2) is 0 Å². The van der Waals surface area contributed by atoms with Gasteiger partial charge in [-0.1, -0.05) is 13.8 Å². The highest BCUT2D eigenvalue weighted by atomic mass is 127. The third kappa shape index (κ3) is 5.48. The summed E-state index contributed by atoms with van der Waals surface area (Å²) in [5.41, 5.74) is 0. The number of amides is 1. The quantitative estimate of drug-likeness (QED) is 0.475. The maximum absolute atomic E-state index is 11.8. The molecule has 1 heterocycles. The number of rotatable bonds is 5. The molecule has 0 radical (unpaired) electrons. The van der Waals surface area contributed by atoms with Gasteiger partial charge in [0.05, 0.1) is 0 Å². The van der Waals surface area contributed by atoms with E-state index in [0.717, 1.165) is 44.8 Å². The lowest BCUT2D eigenvalue weighted by atomic mass is 9.97. The van der Waals surface area contributed by atoms with Gasteiger partial charge in [0.15, 0.2) is 0 Å². The first-order valence-corrected chi connectivity index (χ1v) is 7.24. The van der Waals surface area contributed by atoms with Gasteiger partial charge in [0, 0.05) is 48.4 Å². The van der Waals surface area contributed by atoms with Crippen LogP contribution in [0.3, 0.4) is 0 Å². The molecule has 0 saturated carbocycles. The van der Waals surface area contributed by atoms with Crippen LogP contribution < -0.4 is 5.32 Å². The molecular weight excluding hydrogens is 315 g/mol. The van der Waals surface area contributed by atoms with Crippen molar-refractivity contribution >= 4 is 28.8 Å². The van der Waals surface area contributed by atoms with E-state index < -0.39 is 0 Å². The lowest BCUT2D eigenvalue weighted by Gasteiger charge is -2.26. The van der Waals surface area contributed by atoms with Gasteiger partial charge in [0.25, 0.3) is 0 Å². The maximum atomic E-state index is 11.8. The summed E-state index contributed by atoms with van der Waals surface area (Å²) in [5.74, 6) is 1.26. The van der Waals surface area contributed by atoms with Crippen LogP contribution in [0.2, 0.25) is 0 Å². The predicted molar refractivity (Wildman–Crippen MR) is 75.4 cm³/mol. The fraction of sp³-hybridized carbons (Fsp3) is 0.917. The standard InChI is InChI=1S/C12H23IN2O/c1-10(2)4-3-7-14-12(16)11-5-8-15(13)9-6-11/h10-11H,3-9H2,1-2H3,(H,14,16). The summed E-state index contributed by atoms with van der Waals surface area (Å²) in [6.45, 7) is 7.38. The number of nitrogens with zero attached hydrogens (tertiary/aromatic N) is 1. The third-order valence-corrected chi connectivity index (χ3v) is 4.03. The molecule has 0 aromatic rings. The number of halogens is 1. The second-order valence-electron chi connectivity index (χ2n) is 5.01. The second kappa shape index (κ2) is 7.48. The van der Waals surface area contributed by atoms with Crippen molar-refractivity contribution in [1.82, 2.24) is 8.43 Å². The maximum Gasteiger partial charge on any atom is 0.223 e. The minimum Gasteiger partial charge on any atom is -0.356 e. The number of hydrogen-bond acceptors (Lipinski definition) is 2. The molecule has 16 heavy (non-hydrogen) atoms. The van der Waals surface area contributed by atoms with E-state index in [0.29, 0.717) is 0 Å². The van der Waals surface area contributed by atoms with Gasteiger partial charge in [-0.05, 0) is 31.6 Å². The molecule has 0 aromatic carbocycles. The van der Waals surface area contributed by atoms with Crippen molar-refractivity contribution in [2.24, 2.45) is 11.8 Å². The Bertz CT molecular complexity index is 213. The van der Waals surface area contributed by atoms with E-state index >= 15 is 0 Å². The zero-order valence-corrected chi connectivity index (χ0v) is 12.5. The molecule has 3 nitrogen and oxygen atoms in total. The van der Waals surface area contributed by atoms with Gasteiger partial charge in [-0.2, -0.15) is 0 Å². The molecule has 1 rings (SSSR count). The van der Waals surface area contributed by atoms with Gasteiger partial charge in [-0.25, -0.2) is 3.11 Å². The van der Waals surface area contributed by atoms with Crippen molar-refractivity contribution in [1.29, 1.82) is 0 Å². The Kier molecular flexibility index (Phi) is 6.65. The fourth-order valence-electron chi connectivity index (χ4n) is 1.98. The van der Waals surface area contributed by atoms with E-state index in [2.05, 4.69) is 45.1 Å². The molecule has 1 saturated heterocycles. The van der Waals surface area contributed by atoms with Crippen molar-refractivity contribution in [2.75, 3.05) is 19.6 Å². The molecular formula is C12H23IN2O. The molecule has 4 heteroatoms. The molecule has 0 atom stereocenters. The monoisotopic (exact) mass is 338 g/mol. The minimum absolute atomic E-state index is 0.255. The normalized spacial score (nSPS) is 19.0. The van der Waals surface area contributed by atoms with E-state index in [9.17, 15) is 4.79 Å². The Labute approximate surface area is 113 Å². The average molecular weight is 338 g/mol. The average Bonchev–Trinajstić information content (AvgIpc) is 2.25. The molecule has 0 bridgehead atoms. The topological polar surface area (TPSA) is 32.3 Å². The van der Waals surface area contributed by atoms with E-state index in [1.165, 1.54) is 6.42 Å². The van der Waals surface area contributed by atoms with E-state index in [1.54, 1.807) is 0 Å². The lowest BCUT2D eigenvalue weighted by Crippen LogP contribution is -2.37. The van der Waals surface area contributed by atoms with Crippen LogP contribution in [0, 0.1) is 11.8 Å². The number of hydrogen-bond donors (Lipinski definition) is 1. The van der Waals surface area contributed by atoms with Crippen molar-refractivity contribution in [3.63, 3.8) is 0 Å². The van der Waals surface area contributed by atoms with Crippen LogP contribution in [0.25, 0.3) is 0 Å². The number of carbonyl (C=O) groups excluding carboxylic acids is 1. The third-order valence-electron chi connectivity index (χ3n) is 3.07. The van der Waals surface area contributed by atoms with Crippen molar-refractivity contribution in [2.45, 2.75) is 39.5 Å². The predicted octanol–water partition coefficient (Wildman–Crippen LogP) is 2.60. The van der Waals surface area contributed by atoms with Gasteiger partial charge in [-0.3, -0.25) is 4.79 Å². The van der Waals surface area contributed by atoms with Gasteiger partial charge < -0.3 is 5.32 Å². The molecule has 1 aliphatic heterocycles. The minimum atomic E-state index is 0.255. The molecule has 0 aromatic heterocycles. The van der Waals surface area contributed by atoms with E-state index in [-0.39, 0.29) is 11.8 Å². The van der Waals surface area contributed by atoms with Crippen LogP contribution >= 0.6 is 22.9 Å². The molecule has 0 aliphatic carbocycles. The summed E-state index contributed by atoms with van der Waals surface area (Å²) in [7, 11) is 0. The zero-order chi connectivity index (χ0) is 12.0. The lowest BCUT2D eigenvalue weighted by molar-refractivity contribution is -0.126. The van der Waals surface area contributed by atoms with Crippen molar-refractivity contribution < 1.29 is 4.79 Å².